The van der Waals surface area contributed by atoms with Crippen LogP contribution in [-0.4, -0.2) is 20.9 Å². The smallest absolute Gasteiger partial charge is 0.280 e. The number of hydrogen-bond donors (Lipinski definition) is 2. The van der Waals surface area contributed by atoms with Crippen LogP contribution in [0.4, 0.5) is 11.4 Å². The van der Waals surface area contributed by atoms with Crippen molar-refractivity contribution in [3.05, 3.63) is 86.3 Å². The number of nitrogens with one attached hydrogen (secondary N) is 2. The van der Waals surface area contributed by atoms with Crippen molar-refractivity contribution in [1.82, 2.24) is 9.78 Å². The zero-order valence-electron chi connectivity index (χ0n) is 13.3. The number of nitro benzene ring substituents is 1. The largest absolute Gasteiger partial charge is 0.295 e. The number of anilines is 1. The monoisotopic (exact) mass is 337 g/mol. The van der Waals surface area contributed by atoms with Crippen LogP contribution in [0.25, 0.3) is 5.69 Å². The quantitative estimate of drug-likeness (QED) is 0.424. The van der Waals surface area contributed by atoms with Crippen LogP contribution in [0.1, 0.15) is 11.3 Å². The highest BCUT2D eigenvalue weighted by atomic mass is 16.6. The molecule has 0 atom stereocenters. The molecule has 2 N–H and O–H groups in total. The molecule has 25 heavy (non-hydrogen) atoms. The highest BCUT2D eigenvalue weighted by Gasteiger charge is 2.10. The number of nitrogens with zero attached hydrogens (tertiary/aromatic N) is 3. The predicted octanol–water partition coefficient (Wildman–Crippen LogP) is 2.83. The van der Waals surface area contributed by atoms with Gasteiger partial charge in [-0.2, -0.15) is 5.10 Å². The molecule has 1 heterocycles. The lowest BCUT2D eigenvalue weighted by Gasteiger charge is -1.99. The van der Waals surface area contributed by atoms with Crippen LogP contribution in [0, 0.1) is 17.0 Å². The maximum absolute atomic E-state index is 12.5. The van der Waals surface area contributed by atoms with E-state index in [0.29, 0.717) is 16.9 Å². The second-order valence-corrected chi connectivity index (χ2v) is 5.30. The minimum absolute atomic E-state index is 0.00163. The lowest BCUT2D eigenvalue weighted by molar-refractivity contribution is -0.384. The molecule has 2 aromatic carbocycles. The number of benzene rings is 2. The van der Waals surface area contributed by atoms with Gasteiger partial charge in [0.1, 0.15) is 0 Å². The summed E-state index contributed by atoms with van der Waals surface area (Å²) in [6, 6.07) is 15.1. The number of nitro groups is 1. The molecule has 0 saturated heterocycles. The molecule has 0 unspecified atom stereocenters. The fourth-order valence-corrected chi connectivity index (χ4v) is 2.30. The van der Waals surface area contributed by atoms with E-state index in [-0.39, 0.29) is 11.2 Å². The van der Waals surface area contributed by atoms with Crippen LogP contribution in [-0.2, 0) is 0 Å². The van der Waals surface area contributed by atoms with Gasteiger partial charge in [-0.05, 0) is 31.2 Å². The topological polar surface area (TPSA) is 105 Å². The van der Waals surface area contributed by atoms with E-state index in [1.54, 1.807) is 19.1 Å². The van der Waals surface area contributed by atoms with E-state index in [9.17, 15) is 14.9 Å². The number of aromatic nitrogens is 2. The van der Waals surface area contributed by atoms with Gasteiger partial charge < -0.3 is 0 Å². The van der Waals surface area contributed by atoms with E-state index in [2.05, 4.69) is 15.6 Å². The molecule has 1 aromatic heterocycles. The van der Waals surface area contributed by atoms with Gasteiger partial charge in [0, 0.05) is 17.8 Å². The van der Waals surface area contributed by atoms with Crippen LogP contribution in [0.2, 0.25) is 0 Å². The van der Waals surface area contributed by atoms with Gasteiger partial charge in [0.05, 0.1) is 28.1 Å². The molecule has 3 rings (SSSR count). The van der Waals surface area contributed by atoms with Crippen molar-refractivity contribution in [2.24, 2.45) is 5.10 Å². The number of aromatic amines is 1. The van der Waals surface area contributed by atoms with E-state index >= 15 is 0 Å². The molecule has 8 nitrogen and oxygen atoms in total. The summed E-state index contributed by atoms with van der Waals surface area (Å²) in [6.07, 6.45) is 1.43. The van der Waals surface area contributed by atoms with Crippen molar-refractivity contribution in [3.8, 4) is 5.69 Å². The lowest BCUT2D eigenvalue weighted by atomic mass is 10.3. The van der Waals surface area contributed by atoms with Gasteiger partial charge in [0.25, 0.3) is 11.2 Å². The van der Waals surface area contributed by atoms with Crippen molar-refractivity contribution in [1.29, 1.82) is 0 Å². The van der Waals surface area contributed by atoms with Gasteiger partial charge in [-0.25, -0.2) is 4.68 Å². The fourth-order valence-electron chi connectivity index (χ4n) is 2.30. The van der Waals surface area contributed by atoms with Crippen molar-refractivity contribution in [3.63, 3.8) is 0 Å². The number of non-ortho nitro benzene ring substituents is 1. The summed E-state index contributed by atoms with van der Waals surface area (Å²) in [5.41, 5.74) is 4.97. The number of rotatable bonds is 5. The minimum Gasteiger partial charge on any atom is -0.295 e. The predicted molar refractivity (Wildman–Crippen MR) is 95.4 cm³/mol. The Hall–Kier alpha value is -3.68. The first-order chi connectivity index (χ1) is 12.1. The first-order valence-corrected chi connectivity index (χ1v) is 7.47. The molecule has 0 aliphatic heterocycles. The van der Waals surface area contributed by atoms with Crippen molar-refractivity contribution < 1.29 is 4.92 Å². The third-order valence-electron chi connectivity index (χ3n) is 3.60. The van der Waals surface area contributed by atoms with Gasteiger partial charge in [0.15, 0.2) is 0 Å². The number of hydrogen-bond acceptors (Lipinski definition) is 5. The normalized spacial score (nSPS) is 10.9. The van der Waals surface area contributed by atoms with Gasteiger partial charge >= 0.3 is 0 Å². The van der Waals surface area contributed by atoms with Gasteiger partial charge in [0.2, 0.25) is 0 Å². The SMILES string of the molecule is Cc1[nH]n(-c2ccccc2)c(=O)c1/C=N/Nc1ccc([N+](=O)[O-])cc1. The van der Waals surface area contributed by atoms with Crippen LogP contribution in [0.15, 0.2) is 64.5 Å². The van der Waals surface area contributed by atoms with E-state index < -0.39 is 4.92 Å². The van der Waals surface area contributed by atoms with Gasteiger partial charge in [-0.15, -0.1) is 0 Å². The molecule has 0 saturated carbocycles. The first-order valence-electron chi connectivity index (χ1n) is 7.47. The maximum atomic E-state index is 12.5. The van der Waals surface area contributed by atoms with Crippen LogP contribution < -0.4 is 11.0 Å². The Morgan fingerprint density at radius 2 is 1.84 bits per heavy atom. The average molecular weight is 337 g/mol. The van der Waals surface area contributed by atoms with Crippen LogP contribution >= 0.6 is 0 Å². The standard InChI is InChI=1S/C17H15N5O3/c1-12-16(17(23)21(20-12)14-5-3-2-4-6-14)11-18-19-13-7-9-15(10-8-13)22(24)25/h2-11,19-20H,1H3/b18-11+. The molecule has 0 fully saturated rings. The molecule has 0 aliphatic rings. The highest BCUT2D eigenvalue weighted by molar-refractivity contribution is 5.81. The Morgan fingerprint density at radius 1 is 1.16 bits per heavy atom. The molecular weight excluding hydrogens is 322 g/mol. The second-order valence-electron chi connectivity index (χ2n) is 5.30. The van der Waals surface area contributed by atoms with Crippen LogP contribution in [0.3, 0.4) is 0 Å². The Labute approximate surface area is 142 Å². The van der Waals surface area contributed by atoms with Crippen molar-refractivity contribution in [2.45, 2.75) is 6.92 Å². The highest BCUT2D eigenvalue weighted by Crippen LogP contribution is 2.15. The summed E-state index contributed by atoms with van der Waals surface area (Å²) >= 11 is 0. The molecule has 0 aliphatic carbocycles. The number of H-pyrrole nitrogens is 1. The number of hydrazone groups is 1. The number of para-hydroxylation sites is 1. The van der Waals surface area contributed by atoms with E-state index in [1.807, 2.05) is 30.3 Å². The van der Waals surface area contributed by atoms with Crippen molar-refractivity contribution >= 4 is 17.6 Å². The summed E-state index contributed by atoms with van der Waals surface area (Å²) in [5, 5.41) is 17.7. The molecular formula is C17H15N5O3. The summed E-state index contributed by atoms with van der Waals surface area (Å²) in [4.78, 5) is 22.6. The zero-order chi connectivity index (χ0) is 17.8. The lowest BCUT2D eigenvalue weighted by Crippen LogP contribution is -2.17. The van der Waals surface area contributed by atoms with E-state index in [4.69, 9.17) is 0 Å². The summed E-state index contributed by atoms with van der Waals surface area (Å²) in [7, 11) is 0. The molecule has 8 heteroatoms. The van der Waals surface area contributed by atoms with E-state index in [1.165, 1.54) is 23.0 Å². The molecule has 0 spiro atoms. The first kappa shape index (κ1) is 16.2. The van der Waals surface area contributed by atoms with Crippen LogP contribution in [0.5, 0.6) is 0 Å². The summed E-state index contributed by atoms with van der Waals surface area (Å²) in [6.45, 7) is 1.79. The molecule has 0 bridgehead atoms. The molecule has 0 radical (unpaired) electrons. The van der Waals surface area contributed by atoms with Gasteiger partial charge in [-0.1, -0.05) is 18.2 Å². The Balaban J connectivity index is 1.79. The Morgan fingerprint density at radius 3 is 2.48 bits per heavy atom. The van der Waals surface area contributed by atoms with E-state index in [0.717, 1.165) is 5.69 Å². The zero-order valence-corrected chi connectivity index (χ0v) is 13.3. The van der Waals surface area contributed by atoms with Gasteiger partial charge in [-0.3, -0.25) is 25.4 Å². The average Bonchev–Trinajstić information content (AvgIpc) is 2.91. The molecule has 0 amide bonds. The van der Waals surface area contributed by atoms with Crippen molar-refractivity contribution in [2.75, 3.05) is 5.43 Å². The number of aryl methyl sites for hydroxylation is 1. The Kier molecular flexibility index (Phi) is 4.42. The fraction of sp³-hybridized carbons (Fsp3) is 0.0588. The minimum atomic E-state index is -0.470. The molecule has 126 valence electrons. The summed E-state index contributed by atoms with van der Waals surface area (Å²) in [5.74, 6) is 0. The third-order valence-corrected chi connectivity index (χ3v) is 3.60. The Bertz CT molecular complexity index is 972. The second kappa shape index (κ2) is 6.83. The molecule has 3 aromatic rings. The third kappa shape index (κ3) is 3.47. The summed E-state index contributed by atoms with van der Waals surface area (Å²) < 4.78 is 1.45. The maximum Gasteiger partial charge on any atom is 0.280 e.